The van der Waals surface area contributed by atoms with Gasteiger partial charge in [-0.25, -0.2) is 9.78 Å². The molecule has 1 aliphatic heterocycles. The lowest BCUT2D eigenvalue weighted by molar-refractivity contribution is -0.142. The number of carbonyl (C=O) groups excluding carboxylic acids is 3. The molecule has 9 nitrogen and oxygen atoms in total. The van der Waals surface area contributed by atoms with Crippen LogP contribution in [-0.2, 0) is 20.7 Å². The number of esters is 1. The van der Waals surface area contributed by atoms with Crippen LogP contribution in [0.4, 0.5) is 15.6 Å². The van der Waals surface area contributed by atoms with Crippen molar-refractivity contribution in [2.75, 3.05) is 17.2 Å². The third kappa shape index (κ3) is 7.30. The number of thiazole rings is 1. The minimum Gasteiger partial charge on any atom is -0.466 e. The summed E-state index contributed by atoms with van der Waals surface area (Å²) >= 11 is 2.61. The molecule has 0 saturated carbocycles. The van der Waals surface area contributed by atoms with Crippen LogP contribution < -0.4 is 21.3 Å². The number of aryl methyl sites for hydroxylation is 1. The summed E-state index contributed by atoms with van der Waals surface area (Å²) in [5.74, 6) is -0.542. The molecular formula is C20H23N5O4S2. The molecule has 0 fully saturated rings. The second-order valence-corrected chi connectivity index (χ2v) is 8.46. The van der Waals surface area contributed by atoms with Crippen molar-refractivity contribution in [1.29, 1.82) is 0 Å². The maximum Gasteiger partial charge on any atom is 0.325 e. The SMILES string of the molecule is CCOC(=O)CC1=CSC(NC(=O)Cc2csc(NC(=O)Nc3ccc(C)cc3)n2)N1. The van der Waals surface area contributed by atoms with Crippen molar-refractivity contribution < 1.29 is 19.1 Å². The molecule has 1 unspecified atom stereocenters. The van der Waals surface area contributed by atoms with Crippen molar-refractivity contribution in [3.05, 3.63) is 52.0 Å². The Balaban J connectivity index is 1.41. The molecule has 2 aromatic rings. The van der Waals surface area contributed by atoms with Crippen LogP contribution in [0.3, 0.4) is 0 Å². The third-order valence-corrected chi connectivity index (χ3v) is 5.75. The van der Waals surface area contributed by atoms with Crippen molar-refractivity contribution in [2.45, 2.75) is 32.2 Å². The van der Waals surface area contributed by atoms with E-state index in [0.29, 0.717) is 28.8 Å². The fourth-order valence-electron chi connectivity index (χ4n) is 2.62. The normalized spacial score (nSPS) is 14.9. The fraction of sp³-hybridized carbons (Fsp3) is 0.300. The Kier molecular flexibility index (Phi) is 7.90. The molecule has 1 aromatic heterocycles. The highest BCUT2D eigenvalue weighted by Gasteiger charge is 2.21. The van der Waals surface area contributed by atoms with Gasteiger partial charge in [-0.3, -0.25) is 14.9 Å². The van der Waals surface area contributed by atoms with E-state index in [1.807, 2.05) is 31.2 Å². The second-order valence-electron chi connectivity index (χ2n) is 6.62. The van der Waals surface area contributed by atoms with Gasteiger partial charge in [-0.15, -0.1) is 11.3 Å². The number of carbonyl (C=O) groups is 3. The van der Waals surface area contributed by atoms with Gasteiger partial charge in [0, 0.05) is 16.8 Å². The molecule has 11 heteroatoms. The van der Waals surface area contributed by atoms with Gasteiger partial charge in [-0.05, 0) is 31.4 Å². The van der Waals surface area contributed by atoms with E-state index in [1.54, 1.807) is 17.7 Å². The van der Waals surface area contributed by atoms with Crippen LogP contribution in [0.25, 0.3) is 0 Å². The Morgan fingerprint density at radius 2 is 1.94 bits per heavy atom. The van der Waals surface area contributed by atoms with Gasteiger partial charge in [0.1, 0.15) is 0 Å². The molecule has 2 heterocycles. The predicted octanol–water partition coefficient (Wildman–Crippen LogP) is 3.17. The van der Waals surface area contributed by atoms with Gasteiger partial charge in [0.05, 0.1) is 25.1 Å². The quantitative estimate of drug-likeness (QED) is 0.446. The Labute approximate surface area is 188 Å². The molecule has 1 aromatic carbocycles. The largest absolute Gasteiger partial charge is 0.466 e. The number of thioether (sulfide) groups is 1. The molecule has 1 aliphatic rings. The molecule has 0 bridgehead atoms. The van der Waals surface area contributed by atoms with Gasteiger partial charge in [0.25, 0.3) is 0 Å². The molecule has 1 atom stereocenters. The fourth-order valence-corrected chi connectivity index (χ4v) is 4.20. The molecule has 3 amide bonds. The molecule has 31 heavy (non-hydrogen) atoms. The highest BCUT2D eigenvalue weighted by molar-refractivity contribution is 8.02. The molecule has 164 valence electrons. The van der Waals surface area contributed by atoms with Crippen LogP contribution >= 0.6 is 23.1 Å². The highest BCUT2D eigenvalue weighted by atomic mass is 32.2. The minimum absolute atomic E-state index is 0.0731. The number of nitrogens with zero attached hydrogens (tertiary/aromatic N) is 1. The van der Waals surface area contributed by atoms with Crippen LogP contribution in [0.2, 0.25) is 0 Å². The smallest absolute Gasteiger partial charge is 0.325 e. The van der Waals surface area contributed by atoms with Crippen LogP contribution in [0.1, 0.15) is 24.6 Å². The average molecular weight is 462 g/mol. The molecule has 0 aliphatic carbocycles. The highest BCUT2D eigenvalue weighted by Crippen LogP contribution is 2.22. The van der Waals surface area contributed by atoms with Crippen LogP contribution in [0.15, 0.2) is 40.8 Å². The van der Waals surface area contributed by atoms with E-state index >= 15 is 0 Å². The number of urea groups is 1. The van der Waals surface area contributed by atoms with E-state index in [2.05, 4.69) is 26.3 Å². The molecular weight excluding hydrogens is 438 g/mol. The number of benzene rings is 1. The van der Waals surface area contributed by atoms with Gasteiger partial charge in [-0.2, -0.15) is 0 Å². The monoisotopic (exact) mass is 461 g/mol. The first kappa shape index (κ1) is 22.6. The first-order valence-corrected chi connectivity index (χ1v) is 11.4. The van der Waals surface area contributed by atoms with Crippen LogP contribution in [0.5, 0.6) is 0 Å². The van der Waals surface area contributed by atoms with E-state index in [9.17, 15) is 14.4 Å². The Morgan fingerprint density at radius 3 is 2.68 bits per heavy atom. The number of hydrogen-bond donors (Lipinski definition) is 4. The number of aromatic nitrogens is 1. The van der Waals surface area contributed by atoms with E-state index in [0.717, 1.165) is 5.56 Å². The zero-order valence-electron chi connectivity index (χ0n) is 17.1. The average Bonchev–Trinajstić information content (AvgIpc) is 3.33. The summed E-state index contributed by atoms with van der Waals surface area (Å²) in [6.07, 6.45) is 0.211. The van der Waals surface area contributed by atoms with Crippen molar-refractivity contribution in [2.24, 2.45) is 0 Å². The van der Waals surface area contributed by atoms with Gasteiger partial charge in [-0.1, -0.05) is 29.5 Å². The summed E-state index contributed by atoms with van der Waals surface area (Å²) in [5.41, 5.74) is 2.68. The first-order chi connectivity index (χ1) is 14.9. The van der Waals surface area contributed by atoms with Crippen molar-refractivity contribution in [1.82, 2.24) is 15.6 Å². The van der Waals surface area contributed by atoms with E-state index < -0.39 is 6.03 Å². The number of rotatable bonds is 8. The number of amides is 3. The lowest BCUT2D eigenvalue weighted by Gasteiger charge is -2.14. The van der Waals surface area contributed by atoms with E-state index in [4.69, 9.17) is 4.74 Å². The number of ether oxygens (including phenoxy) is 1. The molecule has 0 spiro atoms. The Hall–Kier alpha value is -3.05. The molecule has 4 N–H and O–H groups in total. The van der Waals surface area contributed by atoms with E-state index in [-0.39, 0.29) is 30.2 Å². The zero-order valence-corrected chi connectivity index (χ0v) is 18.7. The van der Waals surface area contributed by atoms with Gasteiger partial charge in [0.15, 0.2) is 10.6 Å². The molecule has 0 radical (unpaired) electrons. The minimum atomic E-state index is -0.402. The Bertz CT molecular complexity index is 974. The van der Waals surface area contributed by atoms with Crippen molar-refractivity contribution in [3.63, 3.8) is 0 Å². The van der Waals surface area contributed by atoms with Gasteiger partial charge in [0.2, 0.25) is 5.91 Å². The topological polar surface area (TPSA) is 121 Å². The summed E-state index contributed by atoms with van der Waals surface area (Å²) in [4.78, 5) is 40.2. The number of nitrogens with one attached hydrogen (secondary N) is 4. The molecule has 3 rings (SSSR count). The molecule has 0 saturated heterocycles. The lowest BCUT2D eigenvalue weighted by atomic mass is 10.2. The van der Waals surface area contributed by atoms with Crippen molar-refractivity contribution >= 4 is 51.8 Å². The number of hydrogen-bond acceptors (Lipinski definition) is 8. The maximum atomic E-state index is 12.3. The summed E-state index contributed by atoms with van der Waals surface area (Å²) in [5, 5.41) is 15.2. The first-order valence-electron chi connectivity index (χ1n) is 9.56. The summed E-state index contributed by atoms with van der Waals surface area (Å²) in [6.45, 7) is 4.05. The zero-order chi connectivity index (χ0) is 22.2. The van der Waals surface area contributed by atoms with Gasteiger partial charge < -0.3 is 20.7 Å². The van der Waals surface area contributed by atoms with Crippen molar-refractivity contribution in [3.8, 4) is 0 Å². The lowest BCUT2D eigenvalue weighted by Crippen LogP contribution is -2.41. The Morgan fingerprint density at radius 1 is 1.16 bits per heavy atom. The second kappa shape index (κ2) is 10.8. The standard InChI is InChI=1S/C20H23N5O4S2/c1-3-29-17(27)9-15-11-30-19(23-15)24-16(26)8-14-10-31-20(22-14)25-18(28)21-13-6-4-12(2)5-7-13/h4-7,10-11,19,23H,3,8-9H2,1-2H3,(H,24,26)(H2,21,22,25,28). The van der Waals surface area contributed by atoms with Gasteiger partial charge >= 0.3 is 12.0 Å². The summed E-state index contributed by atoms with van der Waals surface area (Å²) in [7, 11) is 0. The number of anilines is 2. The summed E-state index contributed by atoms with van der Waals surface area (Å²) in [6, 6.07) is 7.04. The van der Waals surface area contributed by atoms with Crippen LogP contribution in [-0.4, -0.2) is 35.0 Å². The summed E-state index contributed by atoms with van der Waals surface area (Å²) < 4.78 is 4.91. The predicted molar refractivity (Wildman–Crippen MR) is 122 cm³/mol. The third-order valence-electron chi connectivity index (χ3n) is 4.02. The van der Waals surface area contributed by atoms with Crippen LogP contribution in [0, 0.1) is 6.92 Å². The van der Waals surface area contributed by atoms with E-state index in [1.165, 1.54) is 23.1 Å². The maximum absolute atomic E-state index is 12.3.